The zero-order valence-electron chi connectivity index (χ0n) is 8.60. The van der Waals surface area contributed by atoms with Crippen molar-refractivity contribution in [1.29, 1.82) is 5.26 Å². The molecule has 4 nitrogen and oxygen atoms in total. The summed E-state index contributed by atoms with van der Waals surface area (Å²) in [6, 6.07) is 5.62. The van der Waals surface area contributed by atoms with E-state index in [4.69, 9.17) is 5.26 Å². The van der Waals surface area contributed by atoms with Crippen LogP contribution in [0.2, 0.25) is 0 Å². The molecule has 0 unspecified atom stereocenters. The Balaban J connectivity index is 2.55. The van der Waals surface area contributed by atoms with E-state index in [1.165, 1.54) is 0 Å². The second kappa shape index (κ2) is 3.54. The first-order chi connectivity index (χ1) is 7.22. The third-order valence-corrected chi connectivity index (χ3v) is 2.39. The second-order valence-electron chi connectivity index (χ2n) is 3.30. The van der Waals surface area contributed by atoms with Gasteiger partial charge in [-0.15, -0.1) is 0 Å². The lowest BCUT2D eigenvalue weighted by atomic mass is 10.3. The lowest BCUT2D eigenvalue weighted by Crippen LogP contribution is -1.96. The lowest BCUT2D eigenvalue weighted by molar-refractivity contribution is 0.992. The monoisotopic (exact) mass is 198 g/mol. The zero-order valence-corrected chi connectivity index (χ0v) is 8.60. The maximum absolute atomic E-state index is 8.75. The summed E-state index contributed by atoms with van der Waals surface area (Å²) >= 11 is 0. The van der Waals surface area contributed by atoms with Gasteiger partial charge in [-0.3, -0.25) is 0 Å². The number of nitrogens with zero attached hydrogens (tertiary/aromatic N) is 4. The number of rotatable bonds is 1. The van der Waals surface area contributed by atoms with Gasteiger partial charge in [0.1, 0.15) is 11.8 Å². The molecule has 74 valence electrons. The first kappa shape index (κ1) is 9.41. The van der Waals surface area contributed by atoms with Crippen molar-refractivity contribution in [2.45, 2.75) is 13.8 Å². The highest BCUT2D eigenvalue weighted by atomic mass is 15.1. The van der Waals surface area contributed by atoms with Crippen LogP contribution in [-0.4, -0.2) is 14.5 Å². The van der Waals surface area contributed by atoms with E-state index in [0.29, 0.717) is 5.69 Å². The maximum Gasteiger partial charge on any atom is 0.142 e. The number of hydrogen-bond donors (Lipinski definition) is 0. The molecule has 0 fully saturated rings. The Morgan fingerprint density at radius 1 is 1.33 bits per heavy atom. The molecule has 2 rings (SSSR count). The molecule has 0 saturated heterocycles. The van der Waals surface area contributed by atoms with E-state index in [2.05, 4.69) is 9.97 Å². The van der Waals surface area contributed by atoms with Crippen molar-refractivity contribution in [3.05, 3.63) is 41.7 Å². The van der Waals surface area contributed by atoms with Crippen molar-refractivity contribution in [2.75, 3.05) is 0 Å². The van der Waals surface area contributed by atoms with E-state index < -0.39 is 0 Å². The van der Waals surface area contributed by atoms with E-state index in [1.54, 1.807) is 18.6 Å². The molecule has 4 heteroatoms. The summed E-state index contributed by atoms with van der Waals surface area (Å²) in [7, 11) is 0. The van der Waals surface area contributed by atoms with Crippen molar-refractivity contribution in [3.63, 3.8) is 0 Å². The number of aromatic nitrogens is 3. The quantitative estimate of drug-likeness (QED) is 0.701. The van der Waals surface area contributed by atoms with Crippen LogP contribution in [0.25, 0.3) is 5.69 Å². The number of imidazole rings is 1. The summed E-state index contributed by atoms with van der Waals surface area (Å²) < 4.78 is 1.94. The third-order valence-electron chi connectivity index (χ3n) is 2.39. The topological polar surface area (TPSA) is 54.5 Å². The van der Waals surface area contributed by atoms with Crippen LogP contribution in [0.15, 0.2) is 24.7 Å². The molecule has 0 radical (unpaired) electrons. The minimum atomic E-state index is 0.415. The molecule has 0 atom stereocenters. The predicted molar refractivity (Wildman–Crippen MR) is 55.5 cm³/mol. The van der Waals surface area contributed by atoms with E-state index in [-0.39, 0.29) is 0 Å². The molecule has 0 aliphatic rings. The van der Waals surface area contributed by atoms with Gasteiger partial charge < -0.3 is 4.57 Å². The summed E-state index contributed by atoms with van der Waals surface area (Å²) in [6.45, 7) is 3.95. The third kappa shape index (κ3) is 1.59. The van der Waals surface area contributed by atoms with Crippen molar-refractivity contribution in [3.8, 4) is 11.8 Å². The van der Waals surface area contributed by atoms with Gasteiger partial charge in [-0.2, -0.15) is 5.26 Å². The molecule has 15 heavy (non-hydrogen) atoms. The molecule has 0 spiro atoms. The van der Waals surface area contributed by atoms with Gasteiger partial charge >= 0.3 is 0 Å². The van der Waals surface area contributed by atoms with Crippen LogP contribution >= 0.6 is 0 Å². The first-order valence-electron chi connectivity index (χ1n) is 4.59. The van der Waals surface area contributed by atoms with E-state index in [1.807, 2.05) is 30.6 Å². The van der Waals surface area contributed by atoms with Gasteiger partial charge in [0, 0.05) is 11.9 Å². The smallest absolute Gasteiger partial charge is 0.142 e. The molecule has 0 aliphatic carbocycles. The van der Waals surface area contributed by atoms with Crippen molar-refractivity contribution in [2.24, 2.45) is 0 Å². The molecule has 2 aromatic heterocycles. The molecular formula is C11H10N4. The fourth-order valence-corrected chi connectivity index (χ4v) is 1.39. The van der Waals surface area contributed by atoms with E-state index in [9.17, 15) is 0 Å². The maximum atomic E-state index is 8.75. The van der Waals surface area contributed by atoms with Gasteiger partial charge in [0.15, 0.2) is 0 Å². The van der Waals surface area contributed by atoms with Gasteiger partial charge in [-0.1, -0.05) is 0 Å². The Bertz CT molecular complexity index is 534. The number of aryl methyl sites for hydroxylation is 1. The van der Waals surface area contributed by atoms with Gasteiger partial charge in [-0.05, 0) is 26.0 Å². The summed E-state index contributed by atoms with van der Waals surface area (Å²) in [5.74, 6) is 0. The summed E-state index contributed by atoms with van der Waals surface area (Å²) in [5.41, 5.74) is 3.40. The predicted octanol–water partition coefficient (Wildman–Crippen LogP) is 1.76. The minimum Gasteiger partial charge on any atom is -0.303 e. The SMILES string of the molecule is Cc1ncn(-c2ccnc(C#N)c2)c1C. The van der Waals surface area contributed by atoms with Gasteiger partial charge in [0.25, 0.3) is 0 Å². The largest absolute Gasteiger partial charge is 0.303 e. The Morgan fingerprint density at radius 2 is 2.13 bits per heavy atom. The Morgan fingerprint density at radius 3 is 2.73 bits per heavy atom. The van der Waals surface area contributed by atoms with Crippen LogP contribution in [0, 0.1) is 25.2 Å². The second-order valence-corrected chi connectivity index (χ2v) is 3.30. The van der Waals surface area contributed by atoms with Crippen LogP contribution in [0.4, 0.5) is 0 Å². The fourth-order valence-electron chi connectivity index (χ4n) is 1.39. The first-order valence-corrected chi connectivity index (χ1v) is 4.59. The Hall–Kier alpha value is -2.15. The fraction of sp³-hybridized carbons (Fsp3) is 0.182. The van der Waals surface area contributed by atoms with Gasteiger partial charge in [0.05, 0.1) is 17.7 Å². The number of pyridine rings is 1. The standard InChI is InChI=1S/C11H10N4/c1-8-9(2)15(7-14-8)11-3-4-13-10(5-11)6-12/h3-5,7H,1-2H3. The molecule has 0 aliphatic heterocycles. The highest BCUT2D eigenvalue weighted by Crippen LogP contribution is 2.13. The summed E-state index contributed by atoms with van der Waals surface area (Å²) in [4.78, 5) is 8.13. The van der Waals surface area contributed by atoms with Crippen LogP contribution in [-0.2, 0) is 0 Å². The van der Waals surface area contributed by atoms with E-state index in [0.717, 1.165) is 17.1 Å². The minimum absolute atomic E-state index is 0.415. The lowest BCUT2D eigenvalue weighted by Gasteiger charge is -2.04. The molecule has 0 N–H and O–H groups in total. The van der Waals surface area contributed by atoms with Crippen molar-refractivity contribution < 1.29 is 0 Å². The normalized spacial score (nSPS) is 9.93. The molecule has 0 saturated carbocycles. The van der Waals surface area contributed by atoms with Crippen molar-refractivity contribution >= 4 is 0 Å². The number of nitriles is 1. The average Bonchev–Trinajstić information content (AvgIpc) is 2.60. The average molecular weight is 198 g/mol. The Kier molecular flexibility index (Phi) is 2.22. The van der Waals surface area contributed by atoms with Crippen LogP contribution in [0.5, 0.6) is 0 Å². The molecule has 2 aromatic rings. The highest BCUT2D eigenvalue weighted by Gasteiger charge is 2.04. The van der Waals surface area contributed by atoms with Crippen molar-refractivity contribution in [1.82, 2.24) is 14.5 Å². The number of hydrogen-bond acceptors (Lipinski definition) is 3. The molecule has 0 bridgehead atoms. The molecule has 2 heterocycles. The van der Waals surface area contributed by atoms with Gasteiger partial charge in [0.2, 0.25) is 0 Å². The molecule has 0 amide bonds. The summed E-state index contributed by atoms with van der Waals surface area (Å²) in [6.07, 6.45) is 3.38. The molecular weight excluding hydrogens is 188 g/mol. The van der Waals surface area contributed by atoms with Crippen LogP contribution < -0.4 is 0 Å². The zero-order chi connectivity index (χ0) is 10.8. The van der Waals surface area contributed by atoms with Crippen LogP contribution in [0.3, 0.4) is 0 Å². The van der Waals surface area contributed by atoms with E-state index >= 15 is 0 Å². The molecule has 0 aromatic carbocycles. The highest BCUT2D eigenvalue weighted by molar-refractivity contribution is 5.38. The van der Waals surface area contributed by atoms with Gasteiger partial charge in [-0.25, -0.2) is 9.97 Å². The summed E-state index contributed by atoms with van der Waals surface area (Å²) in [5, 5.41) is 8.75. The Labute approximate surface area is 87.8 Å². The van der Waals surface area contributed by atoms with Crippen LogP contribution in [0.1, 0.15) is 17.1 Å².